The SMILES string of the molecule is C=CCCCOC(=O)C[C@@H](CCC(=O)C=C(C)C)C(=O)O. The second-order valence-electron chi connectivity index (χ2n) is 5.12. The molecule has 0 bridgehead atoms. The molecule has 0 fully saturated rings. The number of carbonyl (C=O) groups is 3. The van der Waals surface area contributed by atoms with Crippen molar-refractivity contribution >= 4 is 17.7 Å². The first-order valence-electron chi connectivity index (χ1n) is 7.03. The monoisotopic (exact) mass is 296 g/mol. The predicted octanol–water partition coefficient (Wildman–Crippen LogP) is 2.90. The Balaban J connectivity index is 4.21. The maximum Gasteiger partial charge on any atom is 0.307 e. The molecule has 0 amide bonds. The summed E-state index contributed by atoms with van der Waals surface area (Å²) in [6.07, 6.45) is 4.67. The molecule has 5 nitrogen and oxygen atoms in total. The number of rotatable bonds is 11. The summed E-state index contributed by atoms with van der Waals surface area (Å²) < 4.78 is 4.95. The van der Waals surface area contributed by atoms with E-state index in [1.165, 1.54) is 6.08 Å². The van der Waals surface area contributed by atoms with Crippen molar-refractivity contribution in [2.45, 2.75) is 46.0 Å². The number of esters is 1. The lowest BCUT2D eigenvalue weighted by molar-refractivity contribution is -0.152. The number of ketones is 1. The van der Waals surface area contributed by atoms with Crippen LogP contribution in [0.2, 0.25) is 0 Å². The van der Waals surface area contributed by atoms with Gasteiger partial charge in [0, 0.05) is 6.42 Å². The molecule has 0 aliphatic heterocycles. The summed E-state index contributed by atoms with van der Waals surface area (Å²) in [5, 5.41) is 9.08. The molecule has 0 radical (unpaired) electrons. The molecule has 0 heterocycles. The van der Waals surface area contributed by atoms with Gasteiger partial charge < -0.3 is 9.84 Å². The van der Waals surface area contributed by atoms with Crippen LogP contribution in [-0.2, 0) is 19.1 Å². The summed E-state index contributed by atoms with van der Waals surface area (Å²) in [5.41, 5.74) is 0.869. The number of hydrogen-bond donors (Lipinski definition) is 1. The third-order valence-corrected chi connectivity index (χ3v) is 2.77. The predicted molar refractivity (Wildman–Crippen MR) is 79.8 cm³/mol. The maximum atomic E-state index is 11.5. The zero-order valence-electron chi connectivity index (χ0n) is 12.8. The van der Waals surface area contributed by atoms with Crippen LogP contribution in [0.4, 0.5) is 0 Å². The Morgan fingerprint density at radius 1 is 1.29 bits per heavy atom. The molecule has 0 unspecified atom stereocenters. The highest BCUT2D eigenvalue weighted by molar-refractivity contribution is 5.90. The topological polar surface area (TPSA) is 80.7 Å². The average Bonchev–Trinajstić information content (AvgIpc) is 2.38. The van der Waals surface area contributed by atoms with Crippen molar-refractivity contribution in [1.82, 2.24) is 0 Å². The fraction of sp³-hybridized carbons (Fsp3) is 0.562. The van der Waals surface area contributed by atoms with Crippen LogP contribution in [0.25, 0.3) is 0 Å². The van der Waals surface area contributed by atoms with E-state index in [4.69, 9.17) is 9.84 Å². The third kappa shape index (κ3) is 10.5. The summed E-state index contributed by atoms with van der Waals surface area (Å²) in [6.45, 7) is 7.41. The van der Waals surface area contributed by atoms with E-state index in [1.807, 2.05) is 0 Å². The molecule has 118 valence electrons. The van der Waals surface area contributed by atoms with Crippen LogP contribution in [0.1, 0.15) is 46.0 Å². The Morgan fingerprint density at radius 2 is 1.95 bits per heavy atom. The first kappa shape index (κ1) is 19.1. The smallest absolute Gasteiger partial charge is 0.307 e. The Kier molecular flexibility index (Phi) is 9.84. The van der Waals surface area contributed by atoms with Crippen molar-refractivity contribution < 1.29 is 24.2 Å². The van der Waals surface area contributed by atoms with E-state index < -0.39 is 17.9 Å². The number of aliphatic carboxylic acids is 1. The van der Waals surface area contributed by atoms with Crippen LogP contribution in [0.5, 0.6) is 0 Å². The molecular weight excluding hydrogens is 272 g/mol. The second-order valence-corrected chi connectivity index (χ2v) is 5.12. The van der Waals surface area contributed by atoms with Gasteiger partial charge in [0.05, 0.1) is 18.9 Å². The van der Waals surface area contributed by atoms with Gasteiger partial charge in [-0.3, -0.25) is 14.4 Å². The quantitative estimate of drug-likeness (QED) is 0.274. The standard InChI is InChI=1S/C16H24O5/c1-4-5-6-9-21-15(18)11-13(16(19)20)7-8-14(17)10-12(2)3/h4,10,13H,1,5-9,11H2,2-3H3,(H,19,20)/t13-/m1/s1. The Hall–Kier alpha value is -1.91. The van der Waals surface area contributed by atoms with Crippen LogP contribution in [-0.4, -0.2) is 29.4 Å². The fourth-order valence-electron chi connectivity index (χ4n) is 1.70. The summed E-state index contributed by atoms with van der Waals surface area (Å²) >= 11 is 0. The number of ether oxygens (including phenoxy) is 1. The van der Waals surface area contributed by atoms with E-state index in [0.717, 1.165) is 12.0 Å². The molecule has 5 heteroatoms. The molecule has 0 saturated carbocycles. The van der Waals surface area contributed by atoms with Gasteiger partial charge in [-0.05, 0) is 39.2 Å². The molecule has 0 saturated heterocycles. The maximum absolute atomic E-state index is 11.5. The Bertz CT molecular complexity index is 405. The summed E-state index contributed by atoms with van der Waals surface area (Å²) in [6, 6.07) is 0. The molecule has 0 aliphatic carbocycles. The van der Waals surface area contributed by atoms with Crippen molar-refractivity contribution in [1.29, 1.82) is 0 Å². The fourth-order valence-corrected chi connectivity index (χ4v) is 1.70. The van der Waals surface area contributed by atoms with E-state index in [1.54, 1.807) is 19.9 Å². The minimum atomic E-state index is -1.08. The molecule has 1 N–H and O–H groups in total. The minimum Gasteiger partial charge on any atom is -0.481 e. The second kappa shape index (κ2) is 10.8. The van der Waals surface area contributed by atoms with Crippen LogP contribution in [0.15, 0.2) is 24.3 Å². The highest BCUT2D eigenvalue weighted by atomic mass is 16.5. The van der Waals surface area contributed by atoms with E-state index in [0.29, 0.717) is 6.42 Å². The summed E-state index contributed by atoms with van der Waals surface area (Å²) in [5.74, 6) is -2.63. The molecule has 0 spiro atoms. The van der Waals surface area contributed by atoms with Crippen molar-refractivity contribution in [2.75, 3.05) is 6.61 Å². The van der Waals surface area contributed by atoms with Gasteiger partial charge in [0.2, 0.25) is 0 Å². The molecule has 0 aromatic rings. The lowest BCUT2D eigenvalue weighted by Crippen LogP contribution is -2.20. The number of carboxylic acid groups (broad SMARTS) is 1. The molecule has 1 atom stereocenters. The Labute approximate surface area is 125 Å². The Morgan fingerprint density at radius 3 is 2.48 bits per heavy atom. The molecular formula is C16H24O5. The normalized spacial score (nSPS) is 11.3. The zero-order valence-corrected chi connectivity index (χ0v) is 12.8. The van der Waals surface area contributed by atoms with Gasteiger partial charge in [0.15, 0.2) is 5.78 Å². The van der Waals surface area contributed by atoms with Crippen molar-refractivity contribution in [3.63, 3.8) is 0 Å². The van der Waals surface area contributed by atoms with Crippen LogP contribution in [0, 0.1) is 5.92 Å². The van der Waals surface area contributed by atoms with Crippen LogP contribution >= 0.6 is 0 Å². The lowest BCUT2D eigenvalue weighted by atomic mass is 9.97. The first-order chi connectivity index (χ1) is 9.86. The highest BCUT2D eigenvalue weighted by Crippen LogP contribution is 2.14. The number of hydrogen-bond acceptors (Lipinski definition) is 4. The van der Waals surface area contributed by atoms with Crippen molar-refractivity contribution in [3.8, 4) is 0 Å². The number of unbranched alkanes of at least 4 members (excludes halogenated alkanes) is 1. The molecule has 0 rings (SSSR count). The van der Waals surface area contributed by atoms with Gasteiger partial charge >= 0.3 is 11.9 Å². The third-order valence-electron chi connectivity index (χ3n) is 2.77. The number of allylic oxidation sites excluding steroid dienone is 3. The van der Waals surface area contributed by atoms with Crippen molar-refractivity contribution in [3.05, 3.63) is 24.3 Å². The summed E-state index contributed by atoms with van der Waals surface area (Å²) in [4.78, 5) is 34.1. The van der Waals surface area contributed by atoms with E-state index >= 15 is 0 Å². The largest absolute Gasteiger partial charge is 0.481 e. The van der Waals surface area contributed by atoms with Gasteiger partial charge in [-0.15, -0.1) is 6.58 Å². The van der Waals surface area contributed by atoms with Crippen LogP contribution in [0.3, 0.4) is 0 Å². The van der Waals surface area contributed by atoms with Gasteiger partial charge in [-0.2, -0.15) is 0 Å². The van der Waals surface area contributed by atoms with Gasteiger partial charge in [0.25, 0.3) is 0 Å². The van der Waals surface area contributed by atoms with Gasteiger partial charge in [-0.25, -0.2) is 0 Å². The molecule has 0 aliphatic rings. The molecule has 0 aromatic carbocycles. The zero-order chi connectivity index (χ0) is 16.3. The van der Waals surface area contributed by atoms with E-state index in [2.05, 4.69) is 6.58 Å². The van der Waals surface area contributed by atoms with Crippen LogP contribution < -0.4 is 0 Å². The first-order valence-corrected chi connectivity index (χ1v) is 7.03. The van der Waals surface area contributed by atoms with E-state index in [-0.39, 0.29) is 31.7 Å². The number of carbonyl (C=O) groups excluding carboxylic acids is 2. The van der Waals surface area contributed by atoms with Gasteiger partial charge in [0.1, 0.15) is 0 Å². The lowest BCUT2D eigenvalue weighted by Gasteiger charge is -2.11. The molecule has 0 aromatic heterocycles. The molecule has 21 heavy (non-hydrogen) atoms. The van der Waals surface area contributed by atoms with Crippen molar-refractivity contribution in [2.24, 2.45) is 5.92 Å². The van der Waals surface area contributed by atoms with E-state index in [9.17, 15) is 14.4 Å². The number of carboxylic acids is 1. The highest BCUT2D eigenvalue weighted by Gasteiger charge is 2.22. The average molecular weight is 296 g/mol. The summed E-state index contributed by atoms with van der Waals surface area (Å²) in [7, 11) is 0. The van der Waals surface area contributed by atoms with Gasteiger partial charge in [-0.1, -0.05) is 11.6 Å². The minimum absolute atomic E-state index is 0.117.